The molecule has 1 aliphatic carbocycles. The maximum atomic E-state index is 10.6. The van der Waals surface area contributed by atoms with Gasteiger partial charge in [0.1, 0.15) is 0 Å². The Morgan fingerprint density at radius 2 is 1.76 bits per heavy atom. The third kappa shape index (κ3) is 4.72. The van der Waals surface area contributed by atoms with Crippen LogP contribution in [-0.4, -0.2) is 28.3 Å². The van der Waals surface area contributed by atoms with E-state index in [1.54, 1.807) is 0 Å². The van der Waals surface area contributed by atoms with E-state index in [0.29, 0.717) is 18.7 Å². The van der Waals surface area contributed by atoms with Crippen LogP contribution in [0.3, 0.4) is 0 Å². The van der Waals surface area contributed by atoms with E-state index >= 15 is 0 Å². The highest BCUT2D eigenvalue weighted by Gasteiger charge is 2.27. The van der Waals surface area contributed by atoms with Crippen molar-refractivity contribution in [1.82, 2.24) is 5.32 Å². The molecule has 1 aromatic carbocycles. The number of nitrogens with zero attached hydrogens (tertiary/aromatic N) is 1. The molecule has 5 nitrogen and oxygen atoms in total. The first-order valence-electron chi connectivity index (χ1n) is 7.63. The molecule has 2 rings (SSSR count). The Morgan fingerprint density at radius 1 is 1.14 bits per heavy atom. The highest BCUT2D eigenvalue weighted by Crippen LogP contribution is 2.26. The highest BCUT2D eigenvalue weighted by atomic mass is 16.4. The molecule has 0 bridgehead atoms. The molecule has 5 N–H and O–H groups in total. The zero-order chi connectivity index (χ0) is 15.1. The summed E-state index contributed by atoms with van der Waals surface area (Å²) in [5, 5.41) is 25.5. The molecule has 1 aromatic rings. The van der Waals surface area contributed by atoms with Gasteiger partial charge in [-0.05, 0) is 18.4 Å². The van der Waals surface area contributed by atoms with Crippen LogP contribution in [0.5, 0.6) is 0 Å². The monoisotopic (exact) mass is 291 g/mol. The zero-order valence-corrected chi connectivity index (χ0v) is 12.4. The second kappa shape index (κ2) is 7.43. The van der Waals surface area contributed by atoms with Gasteiger partial charge in [-0.3, -0.25) is 0 Å². The van der Waals surface area contributed by atoms with E-state index in [-0.39, 0.29) is 5.84 Å². The first-order chi connectivity index (χ1) is 10.1. The Kier molecular flexibility index (Phi) is 5.59. The summed E-state index contributed by atoms with van der Waals surface area (Å²) in [4.78, 5) is 0. The van der Waals surface area contributed by atoms with Crippen molar-refractivity contribution in [1.29, 1.82) is 0 Å². The van der Waals surface area contributed by atoms with Crippen LogP contribution in [0.15, 0.2) is 29.4 Å². The summed E-state index contributed by atoms with van der Waals surface area (Å²) in [6, 6.07) is 7.54. The van der Waals surface area contributed by atoms with Crippen molar-refractivity contribution in [2.45, 2.75) is 50.7 Å². The molecule has 0 amide bonds. The minimum atomic E-state index is -0.551. The highest BCUT2D eigenvalue weighted by molar-refractivity contribution is 5.96. The van der Waals surface area contributed by atoms with Gasteiger partial charge in [-0.15, -0.1) is 0 Å². The number of nitrogens with two attached hydrogens (primary N) is 1. The molecular formula is C16H25N3O2. The Labute approximate surface area is 125 Å². The molecule has 0 heterocycles. The van der Waals surface area contributed by atoms with Crippen molar-refractivity contribution in [3.05, 3.63) is 35.4 Å². The largest absolute Gasteiger partial charge is 0.409 e. The van der Waals surface area contributed by atoms with Gasteiger partial charge in [0.25, 0.3) is 0 Å². The topological polar surface area (TPSA) is 90.9 Å². The lowest BCUT2D eigenvalue weighted by Crippen LogP contribution is -2.39. The van der Waals surface area contributed by atoms with E-state index < -0.39 is 5.60 Å². The molecule has 0 aliphatic heterocycles. The van der Waals surface area contributed by atoms with Crippen LogP contribution in [0.4, 0.5) is 0 Å². The van der Waals surface area contributed by atoms with Gasteiger partial charge in [-0.2, -0.15) is 0 Å². The van der Waals surface area contributed by atoms with Crippen molar-refractivity contribution >= 4 is 5.84 Å². The van der Waals surface area contributed by atoms with Crippen molar-refractivity contribution in [3.8, 4) is 0 Å². The second-order valence-electron chi connectivity index (χ2n) is 5.92. The molecule has 0 radical (unpaired) electrons. The first-order valence-corrected chi connectivity index (χ1v) is 7.63. The van der Waals surface area contributed by atoms with Gasteiger partial charge in [0.15, 0.2) is 5.84 Å². The van der Waals surface area contributed by atoms with E-state index in [1.807, 2.05) is 24.3 Å². The van der Waals surface area contributed by atoms with E-state index in [9.17, 15) is 5.11 Å². The molecule has 1 fully saturated rings. The Balaban J connectivity index is 1.82. The van der Waals surface area contributed by atoms with Crippen LogP contribution in [0.1, 0.15) is 49.7 Å². The molecule has 1 saturated carbocycles. The Hall–Kier alpha value is -1.59. The van der Waals surface area contributed by atoms with Crippen LogP contribution in [0.2, 0.25) is 0 Å². The quantitative estimate of drug-likeness (QED) is 0.219. The molecule has 0 saturated heterocycles. The van der Waals surface area contributed by atoms with Crippen LogP contribution in [0, 0.1) is 0 Å². The summed E-state index contributed by atoms with van der Waals surface area (Å²) < 4.78 is 0. The first kappa shape index (κ1) is 15.8. The maximum absolute atomic E-state index is 10.6. The molecule has 21 heavy (non-hydrogen) atoms. The van der Waals surface area contributed by atoms with Gasteiger partial charge in [0.2, 0.25) is 0 Å². The summed E-state index contributed by atoms with van der Waals surface area (Å²) in [5.74, 6) is 0.113. The smallest absolute Gasteiger partial charge is 0.170 e. The number of aliphatic hydroxyl groups is 1. The molecular weight excluding hydrogens is 266 g/mol. The number of nitrogens with one attached hydrogen (secondary N) is 1. The number of hydrogen-bond donors (Lipinski definition) is 4. The summed E-state index contributed by atoms with van der Waals surface area (Å²) >= 11 is 0. The molecule has 0 spiro atoms. The SMILES string of the molecule is NC(=NO)c1ccc(CNCC2(O)CCCCCC2)cc1. The van der Waals surface area contributed by atoms with Gasteiger partial charge >= 0.3 is 0 Å². The fourth-order valence-electron chi connectivity index (χ4n) is 2.85. The lowest BCUT2D eigenvalue weighted by atomic mass is 9.94. The Morgan fingerprint density at radius 3 is 2.33 bits per heavy atom. The molecule has 5 heteroatoms. The van der Waals surface area contributed by atoms with Crippen molar-refractivity contribution in [2.75, 3.05) is 6.54 Å². The maximum Gasteiger partial charge on any atom is 0.170 e. The van der Waals surface area contributed by atoms with Crippen molar-refractivity contribution in [3.63, 3.8) is 0 Å². The Bertz CT molecular complexity index is 463. The number of benzene rings is 1. The second-order valence-corrected chi connectivity index (χ2v) is 5.92. The molecule has 116 valence electrons. The van der Waals surface area contributed by atoms with E-state index in [1.165, 1.54) is 12.8 Å². The molecule has 1 aliphatic rings. The fourth-order valence-corrected chi connectivity index (χ4v) is 2.85. The molecule has 0 unspecified atom stereocenters. The number of rotatable bonds is 5. The van der Waals surface area contributed by atoms with Crippen molar-refractivity contribution in [2.24, 2.45) is 10.9 Å². The number of oxime groups is 1. The summed E-state index contributed by atoms with van der Waals surface area (Å²) in [5.41, 5.74) is 6.78. The lowest BCUT2D eigenvalue weighted by Gasteiger charge is -2.27. The van der Waals surface area contributed by atoms with E-state index in [4.69, 9.17) is 10.9 Å². The predicted molar refractivity (Wildman–Crippen MR) is 83.3 cm³/mol. The summed E-state index contributed by atoms with van der Waals surface area (Å²) in [7, 11) is 0. The fraction of sp³-hybridized carbons (Fsp3) is 0.562. The molecule has 0 aromatic heterocycles. The van der Waals surface area contributed by atoms with Crippen molar-refractivity contribution < 1.29 is 10.3 Å². The van der Waals surface area contributed by atoms with Gasteiger partial charge in [0, 0.05) is 18.7 Å². The van der Waals surface area contributed by atoms with Gasteiger partial charge < -0.3 is 21.4 Å². The number of hydrogen-bond acceptors (Lipinski definition) is 4. The minimum absolute atomic E-state index is 0.113. The van der Waals surface area contributed by atoms with E-state index in [0.717, 1.165) is 31.2 Å². The summed E-state index contributed by atoms with van der Waals surface area (Å²) in [6.07, 6.45) is 6.49. The van der Waals surface area contributed by atoms with Gasteiger partial charge in [0.05, 0.1) is 5.60 Å². The molecule has 0 atom stereocenters. The minimum Gasteiger partial charge on any atom is -0.409 e. The van der Waals surface area contributed by atoms with Gasteiger partial charge in [-0.1, -0.05) is 55.1 Å². The van der Waals surface area contributed by atoms with E-state index in [2.05, 4.69) is 10.5 Å². The average molecular weight is 291 g/mol. The zero-order valence-electron chi connectivity index (χ0n) is 12.4. The standard InChI is InChI=1S/C16H25N3O2/c17-15(19-21)14-7-5-13(6-8-14)11-18-12-16(20)9-3-1-2-4-10-16/h5-8,18,20-21H,1-4,9-12H2,(H2,17,19). The van der Waals surface area contributed by atoms with Gasteiger partial charge in [-0.25, -0.2) is 0 Å². The third-order valence-electron chi connectivity index (χ3n) is 4.17. The number of amidine groups is 1. The lowest BCUT2D eigenvalue weighted by molar-refractivity contribution is 0.0250. The predicted octanol–water partition coefficient (Wildman–Crippen LogP) is 1.96. The van der Waals surface area contributed by atoms with Crippen LogP contribution in [-0.2, 0) is 6.54 Å². The average Bonchev–Trinajstić information content (AvgIpc) is 2.72. The van der Waals surface area contributed by atoms with Crippen LogP contribution >= 0.6 is 0 Å². The normalized spacial score (nSPS) is 19.2. The summed E-state index contributed by atoms with van der Waals surface area (Å²) in [6.45, 7) is 1.34. The van der Waals surface area contributed by atoms with Crippen LogP contribution < -0.4 is 11.1 Å². The third-order valence-corrected chi connectivity index (χ3v) is 4.17. The van der Waals surface area contributed by atoms with Crippen LogP contribution in [0.25, 0.3) is 0 Å².